The molecule has 29 heavy (non-hydrogen) atoms. The molecule has 0 aliphatic heterocycles. The summed E-state index contributed by atoms with van der Waals surface area (Å²) >= 11 is 0. The fourth-order valence-corrected chi connectivity index (χ4v) is 3.04. The van der Waals surface area contributed by atoms with E-state index in [9.17, 15) is 4.79 Å². The first-order valence-electron chi connectivity index (χ1n) is 9.53. The summed E-state index contributed by atoms with van der Waals surface area (Å²) in [5.74, 6) is 1.58. The minimum absolute atomic E-state index is 0.170. The molecule has 0 spiro atoms. The predicted molar refractivity (Wildman–Crippen MR) is 112 cm³/mol. The van der Waals surface area contributed by atoms with Gasteiger partial charge in [-0.1, -0.05) is 31.5 Å². The van der Waals surface area contributed by atoms with E-state index in [1.165, 1.54) is 7.11 Å². The van der Waals surface area contributed by atoms with Crippen LogP contribution in [0.4, 0.5) is 16.6 Å². The molecule has 0 bridgehead atoms. The van der Waals surface area contributed by atoms with Crippen LogP contribution in [0.15, 0.2) is 24.3 Å². The molecule has 0 atom stereocenters. The van der Waals surface area contributed by atoms with Gasteiger partial charge in [-0.15, -0.1) is 0 Å². The van der Waals surface area contributed by atoms with Crippen LogP contribution >= 0.6 is 0 Å². The summed E-state index contributed by atoms with van der Waals surface area (Å²) in [4.78, 5) is 20.6. The van der Waals surface area contributed by atoms with Gasteiger partial charge in [0, 0.05) is 12.1 Å². The molecule has 2 N–H and O–H groups in total. The summed E-state index contributed by atoms with van der Waals surface area (Å²) in [6.45, 7) is 5.26. The first kappa shape index (κ1) is 20.4. The van der Waals surface area contributed by atoms with E-state index in [4.69, 9.17) is 4.74 Å². The zero-order chi connectivity index (χ0) is 20.8. The van der Waals surface area contributed by atoms with Crippen molar-refractivity contribution < 1.29 is 14.3 Å². The fraction of sp³-hybridized carbons (Fsp3) is 0.400. The standard InChI is InChI=1S/C20H26N6O3/c1-5-6-11-21-18-17-16(22-19(23-18)24-20(27)29-4)13(2)25-26(17)12-14-9-7-8-10-15(14)28-3/h7-10H,5-6,11-12H2,1-4H3,(H2,21,22,23,24,27). The number of fused-ring (bicyclic) bond motifs is 1. The summed E-state index contributed by atoms with van der Waals surface area (Å²) < 4.78 is 12.0. The second-order valence-electron chi connectivity index (χ2n) is 6.54. The highest BCUT2D eigenvalue weighted by atomic mass is 16.5. The van der Waals surface area contributed by atoms with Crippen molar-refractivity contribution >= 4 is 28.9 Å². The third-order valence-electron chi connectivity index (χ3n) is 4.49. The molecule has 0 unspecified atom stereocenters. The van der Waals surface area contributed by atoms with Crippen LogP contribution in [0.2, 0.25) is 0 Å². The molecule has 2 heterocycles. The number of aromatic nitrogens is 4. The molecule has 0 radical (unpaired) electrons. The lowest BCUT2D eigenvalue weighted by atomic mass is 10.2. The van der Waals surface area contributed by atoms with E-state index in [1.54, 1.807) is 7.11 Å². The van der Waals surface area contributed by atoms with E-state index in [0.717, 1.165) is 41.9 Å². The Labute approximate surface area is 169 Å². The Kier molecular flexibility index (Phi) is 6.48. The lowest BCUT2D eigenvalue weighted by Gasteiger charge is -2.12. The van der Waals surface area contributed by atoms with Gasteiger partial charge in [0.05, 0.1) is 26.5 Å². The molecule has 9 heteroatoms. The molecule has 9 nitrogen and oxygen atoms in total. The molecular weight excluding hydrogens is 372 g/mol. The maximum atomic E-state index is 11.6. The number of aryl methyl sites for hydroxylation is 1. The Hall–Kier alpha value is -3.36. The molecule has 0 saturated heterocycles. The number of amides is 1. The van der Waals surface area contributed by atoms with Crippen molar-refractivity contribution in [1.29, 1.82) is 0 Å². The van der Waals surface area contributed by atoms with E-state index < -0.39 is 6.09 Å². The van der Waals surface area contributed by atoms with E-state index in [2.05, 4.69) is 37.4 Å². The Morgan fingerprint density at radius 1 is 1.21 bits per heavy atom. The van der Waals surface area contributed by atoms with Crippen LogP contribution in [0, 0.1) is 6.92 Å². The normalized spacial score (nSPS) is 10.8. The highest BCUT2D eigenvalue weighted by molar-refractivity contribution is 5.91. The average molecular weight is 398 g/mol. The molecule has 0 saturated carbocycles. The van der Waals surface area contributed by atoms with Crippen molar-refractivity contribution in [3.05, 3.63) is 35.5 Å². The number of para-hydroxylation sites is 1. The van der Waals surface area contributed by atoms with Crippen molar-refractivity contribution in [2.45, 2.75) is 33.2 Å². The Bertz CT molecular complexity index is 1000. The fourth-order valence-electron chi connectivity index (χ4n) is 3.04. The number of unbranched alkanes of at least 4 members (excludes halogenated alkanes) is 1. The second-order valence-corrected chi connectivity index (χ2v) is 6.54. The molecule has 2 aromatic heterocycles. The number of nitrogens with one attached hydrogen (secondary N) is 2. The van der Waals surface area contributed by atoms with Crippen molar-refractivity contribution in [2.24, 2.45) is 0 Å². The van der Waals surface area contributed by atoms with Gasteiger partial charge in [0.25, 0.3) is 0 Å². The second kappa shape index (κ2) is 9.22. The quantitative estimate of drug-likeness (QED) is 0.559. The molecule has 0 aliphatic rings. The van der Waals surface area contributed by atoms with Crippen LogP contribution in [0.3, 0.4) is 0 Å². The van der Waals surface area contributed by atoms with Crippen molar-refractivity contribution in [3.63, 3.8) is 0 Å². The number of anilines is 2. The molecule has 1 amide bonds. The zero-order valence-electron chi connectivity index (χ0n) is 17.2. The molecular formula is C20H26N6O3. The zero-order valence-corrected chi connectivity index (χ0v) is 17.2. The minimum atomic E-state index is -0.622. The van der Waals surface area contributed by atoms with Crippen molar-refractivity contribution in [1.82, 2.24) is 19.7 Å². The number of benzene rings is 1. The molecule has 3 rings (SSSR count). The van der Waals surface area contributed by atoms with Gasteiger partial charge in [-0.25, -0.2) is 9.78 Å². The Balaban J connectivity index is 2.07. The highest BCUT2D eigenvalue weighted by Gasteiger charge is 2.18. The lowest BCUT2D eigenvalue weighted by molar-refractivity contribution is 0.186. The van der Waals surface area contributed by atoms with Gasteiger partial charge in [-0.05, 0) is 19.4 Å². The number of carbonyl (C=O) groups is 1. The van der Waals surface area contributed by atoms with E-state index >= 15 is 0 Å². The predicted octanol–water partition coefficient (Wildman–Crippen LogP) is 3.58. The van der Waals surface area contributed by atoms with Crippen molar-refractivity contribution in [3.8, 4) is 5.75 Å². The molecule has 154 valence electrons. The smallest absolute Gasteiger partial charge is 0.413 e. The third-order valence-corrected chi connectivity index (χ3v) is 4.49. The average Bonchev–Trinajstić information content (AvgIpc) is 3.04. The highest BCUT2D eigenvalue weighted by Crippen LogP contribution is 2.27. The molecule has 3 aromatic rings. The maximum Gasteiger partial charge on any atom is 0.413 e. The van der Waals surface area contributed by atoms with Crippen LogP contribution in [-0.4, -0.2) is 46.6 Å². The Morgan fingerprint density at radius 3 is 2.72 bits per heavy atom. The number of carbonyl (C=O) groups excluding carboxylic acids is 1. The first-order valence-corrected chi connectivity index (χ1v) is 9.53. The first-order chi connectivity index (χ1) is 14.1. The van der Waals surface area contributed by atoms with Gasteiger partial charge >= 0.3 is 6.09 Å². The van der Waals surface area contributed by atoms with Gasteiger partial charge in [-0.3, -0.25) is 10.00 Å². The molecule has 0 aliphatic carbocycles. The Morgan fingerprint density at radius 2 is 2.00 bits per heavy atom. The third kappa shape index (κ3) is 4.56. The van der Waals surface area contributed by atoms with E-state index in [-0.39, 0.29) is 5.95 Å². The monoisotopic (exact) mass is 398 g/mol. The minimum Gasteiger partial charge on any atom is -0.496 e. The van der Waals surface area contributed by atoms with Gasteiger partial charge in [0.1, 0.15) is 16.8 Å². The van der Waals surface area contributed by atoms with Gasteiger partial charge in [0.2, 0.25) is 5.95 Å². The number of nitrogens with zero attached hydrogens (tertiary/aromatic N) is 4. The van der Waals surface area contributed by atoms with Crippen LogP contribution < -0.4 is 15.4 Å². The lowest BCUT2D eigenvalue weighted by Crippen LogP contribution is -2.15. The van der Waals surface area contributed by atoms with E-state index in [1.807, 2.05) is 35.9 Å². The van der Waals surface area contributed by atoms with Crippen LogP contribution in [0.25, 0.3) is 11.0 Å². The maximum absolute atomic E-state index is 11.6. The van der Waals surface area contributed by atoms with Gasteiger partial charge in [-0.2, -0.15) is 10.1 Å². The summed E-state index contributed by atoms with van der Waals surface area (Å²) in [6.07, 6.45) is 1.42. The summed E-state index contributed by atoms with van der Waals surface area (Å²) in [7, 11) is 2.95. The van der Waals surface area contributed by atoms with E-state index in [0.29, 0.717) is 17.9 Å². The summed E-state index contributed by atoms with van der Waals surface area (Å²) in [6, 6.07) is 7.81. The number of ether oxygens (including phenoxy) is 2. The SMILES string of the molecule is CCCCNc1nc(NC(=O)OC)nc2c(C)nn(Cc3ccccc3OC)c12. The number of methoxy groups -OCH3 is 2. The van der Waals surface area contributed by atoms with Crippen LogP contribution in [0.5, 0.6) is 5.75 Å². The molecule has 0 fully saturated rings. The number of hydrogen-bond donors (Lipinski definition) is 2. The largest absolute Gasteiger partial charge is 0.496 e. The summed E-state index contributed by atoms with van der Waals surface area (Å²) in [5.41, 5.74) is 3.18. The van der Waals surface area contributed by atoms with Crippen LogP contribution in [-0.2, 0) is 11.3 Å². The number of rotatable bonds is 8. The van der Waals surface area contributed by atoms with Gasteiger partial charge in [0.15, 0.2) is 5.82 Å². The molecule has 1 aromatic carbocycles. The summed E-state index contributed by atoms with van der Waals surface area (Å²) in [5, 5.41) is 10.6. The number of hydrogen-bond acceptors (Lipinski definition) is 7. The van der Waals surface area contributed by atoms with Crippen molar-refractivity contribution in [2.75, 3.05) is 31.4 Å². The van der Waals surface area contributed by atoms with Crippen LogP contribution in [0.1, 0.15) is 31.0 Å². The van der Waals surface area contributed by atoms with Gasteiger partial charge < -0.3 is 14.8 Å². The topological polar surface area (TPSA) is 103 Å².